The second kappa shape index (κ2) is 6.01. The third-order valence-electron chi connectivity index (χ3n) is 3.90. The molecule has 23 heavy (non-hydrogen) atoms. The van der Waals surface area contributed by atoms with Gasteiger partial charge in [-0.2, -0.15) is 5.10 Å². The lowest BCUT2D eigenvalue weighted by atomic mass is 10.1. The summed E-state index contributed by atoms with van der Waals surface area (Å²) in [5.41, 5.74) is 6.81. The van der Waals surface area contributed by atoms with Gasteiger partial charge < -0.3 is 10.5 Å². The summed E-state index contributed by atoms with van der Waals surface area (Å²) in [7, 11) is -1.36. The first kappa shape index (κ1) is 16.1. The number of nitrogens with zero attached hydrogens (tertiary/aromatic N) is 2. The molecule has 7 nitrogen and oxygen atoms in total. The van der Waals surface area contributed by atoms with Crippen molar-refractivity contribution in [2.45, 2.75) is 12.8 Å². The summed E-state index contributed by atoms with van der Waals surface area (Å²) in [5.74, 6) is 2.16. The van der Waals surface area contributed by atoms with Crippen molar-refractivity contribution in [3.05, 3.63) is 23.0 Å². The third kappa shape index (κ3) is 3.42. The first-order valence-corrected chi connectivity index (χ1v) is 9.33. The predicted molar refractivity (Wildman–Crippen MR) is 88.3 cm³/mol. The van der Waals surface area contributed by atoms with E-state index in [-0.39, 0.29) is 17.4 Å². The fourth-order valence-electron chi connectivity index (χ4n) is 2.73. The monoisotopic (exact) mass is 356 g/mol. The zero-order chi connectivity index (χ0) is 16.6. The highest BCUT2D eigenvalue weighted by Crippen LogP contribution is 2.34. The SMILES string of the molecule is COc1cc(N)c(Cl)cc1-c1n[nH]c(CC2CCS(=O)(=O)C2)n1. The molecule has 0 radical (unpaired) electrons. The van der Waals surface area contributed by atoms with E-state index in [9.17, 15) is 8.42 Å². The molecule has 0 saturated carbocycles. The van der Waals surface area contributed by atoms with E-state index in [2.05, 4.69) is 15.2 Å². The minimum Gasteiger partial charge on any atom is -0.496 e. The average Bonchev–Trinajstić information content (AvgIpc) is 3.08. The van der Waals surface area contributed by atoms with Gasteiger partial charge in [-0.25, -0.2) is 13.4 Å². The highest BCUT2D eigenvalue weighted by Gasteiger charge is 2.28. The minimum absolute atomic E-state index is 0.0812. The van der Waals surface area contributed by atoms with Crippen LogP contribution >= 0.6 is 11.6 Å². The Hall–Kier alpha value is -1.80. The number of anilines is 1. The molecule has 0 amide bonds. The molecule has 1 fully saturated rings. The number of hydrogen-bond acceptors (Lipinski definition) is 6. The minimum atomic E-state index is -2.90. The number of halogens is 1. The number of H-pyrrole nitrogens is 1. The van der Waals surface area contributed by atoms with Crippen molar-refractivity contribution in [3.63, 3.8) is 0 Å². The summed E-state index contributed by atoms with van der Waals surface area (Å²) < 4.78 is 28.3. The van der Waals surface area contributed by atoms with Crippen molar-refractivity contribution in [2.24, 2.45) is 5.92 Å². The van der Waals surface area contributed by atoms with E-state index in [4.69, 9.17) is 22.1 Å². The molecule has 0 bridgehead atoms. The van der Waals surface area contributed by atoms with Crippen molar-refractivity contribution < 1.29 is 13.2 Å². The summed E-state index contributed by atoms with van der Waals surface area (Å²) in [6.07, 6.45) is 1.21. The van der Waals surface area contributed by atoms with E-state index in [1.807, 2.05) is 0 Å². The molecule has 9 heteroatoms. The van der Waals surface area contributed by atoms with Gasteiger partial charge in [0, 0.05) is 12.5 Å². The molecule has 1 unspecified atom stereocenters. The fourth-order valence-corrected chi connectivity index (χ4v) is 4.75. The molecule has 1 atom stereocenters. The molecule has 3 rings (SSSR count). The van der Waals surface area contributed by atoms with Crippen LogP contribution in [0, 0.1) is 5.92 Å². The van der Waals surface area contributed by atoms with Crippen LogP contribution in [0.4, 0.5) is 5.69 Å². The van der Waals surface area contributed by atoms with Gasteiger partial charge in [0.2, 0.25) is 0 Å². The smallest absolute Gasteiger partial charge is 0.184 e. The number of nitrogen functional groups attached to an aromatic ring is 1. The Labute approximate surface area is 139 Å². The van der Waals surface area contributed by atoms with Crippen LogP contribution in [0.5, 0.6) is 5.75 Å². The molecule has 2 heterocycles. The largest absolute Gasteiger partial charge is 0.496 e. The Morgan fingerprint density at radius 3 is 2.91 bits per heavy atom. The molecule has 1 aromatic heterocycles. The number of nitrogens with two attached hydrogens (primary N) is 1. The summed E-state index contributed by atoms with van der Waals surface area (Å²) in [4.78, 5) is 4.43. The Morgan fingerprint density at radius 2 is 2.26 bits per heavy atom. The molecule has 2 aromatic rings. The van der Waals surface area contributed by atoms with E-state index in [1.54, 1.807) is 12.1 Å². The van der Waals surface area contributed by atoms with Crippen molar-refractivity contribution in [2.75, 3.05) is 24.3 Å². The van der Waals surface area contributed by atoms with Gasteiger partial charge in [0.15, 0.2) is 15.7 Å². The summed E-state index contributed by atoms with van der Waals surface area (Å²) in [6.45, 7) is 0. The van der Waals surface area contributed by atoms with Crippen LogP contribution in [-0.2, 0) is 16.3 Å². The highest BCUT2D eigenvalue weighted by molar-refractivity contribution is 7.91. The van der Waals surface area contributed by atoms with Crippen LogP contribution in [0.15, 0.2) is 12.1 Å². The molecule has 0 aliphatic carbocycles. The molecule has 1 aromatic carbocycles. The number of rotatable bonds is 4. The van der Waals surface area contributed by atoms with Crippen LogP contribution in [0.2, 0.25) is 5.02 Å². The van der Waals surface area contributed by atoms with Crippen molar-refractivity contribution in [3.8, 4) is 17.1 Å². The van der Waals surface area contributed by atoms with Crippen molar-refractivity contribution in [1.29, 1.82) is 0 Å². The summed E-state index contributed by atoms with van der Waals surface area (Å²) >= 11 is 6.06. The van der Waals surface area contributed by atoms with Gasteiger partial charge in [-0.15, -0.1) is 0 Å². The molecule has 3 N–H and O–H groups in total. The zero-order valence-electron chi connectivity index (χ0n) is 12.5. The van der Waals surface area contributed by atoms with Gasteiger partial charge in [-0.3, -0.25) is 5.10 Å². The van der Waals surface area contributed by atoms with Crippen LogP contribution < -0.4 is 10.5 Å². The summed E-state index contributed by atoms with van der Waals surface area (Å²) in [6, 6.07) is 3.28. The lowest BCUT2D eigenvalue weighted by Crippen LogP contribution is -2.08. The number of ether oxygens (including phenoxy) is 1. The average molecular weight is 357 g/mol. The molecular weight excluding hydrogens is 340 g/mol. The quantitative estimate of drug-likeness (QED) is 0.806. The number of hydrogen-bond donors (Lipinski definition) is 2. The van der Waals surface area contributed by atoms with Crippen LogP contribution in [0.1, 0.15) is 12.2 Å². The van der Waals surface area contributed by atoms with Crippen LogP contribution in [0.3, 0.4) is 0 Å². The van der Waals surface area contributed by atoms with Gasteiger partial charge >= 0.3 is 0 Å². The second-order valence-electron chi connectivity index (χ2n) is 5.65. The normalized spacial score (nSPS) is 19.8. The number of aromatic amines is 1. The van der Waals surface area contributed by atoms with Gasteiger partial charge in [-0.1, -0.05) is 11.6 Å². The topological polar surface area (TPSA) is 111 Å². The lowest BCUT2D eigenvalue weighted by molar-refractivity contribution is 0.416. The van der Waals surface area contributed by atoms with Gasteiger partial charge in [0.1, 0.15) is 11.6 Å². The fraction of sp³-hybridized carbons (Fsp3) is 0.429. The number of sulfone groups is 1. The molecule has 1 aliphatic heterocycles. The molecule has 1 saturated heterocycles. The number of nitrogens with one attached hydrogen (secondary N) is 1. The van der Waals surface area contributed by atoms with E-state index in [1.165, 1.54) is 7.11 Å². The number of methoxy groups -OCH3 is 1. The highest BCUT2D eigenvalue weighted by atomic mass is 35.5. The Balaban J connectivity index is 1.84. The number of benzene rings is 1. The lowest BCUT2D eigenvalue weighted by Gasteiger charge is -2.08. The molecule has 1 aliphatic rings. The maximum Gasteiger partial charge on any atom is 0.184 e. The Kier molecular flexibility index (Phi) is 4.20. The van der Waals surface area contributed by atoms with Crippen LogP contribution in [-0.4, -0.2) is 42.2 Å². The first-order chi connectivity index (χ1) is 10.9. The van der Waals surface area contributed by atoms with E-state index >= 15 is 0 Å². The molecule has 0 spiro atoms. The van der Waals surface area contributed by atoms with E-state index < -0.39 is 9.84 Å². The zero-order valence-corrected chi connectivity index (χ0v) is 14.1. The van der Waals surface area contributed by atoms with Crippen molar-refractivity contribution in [1.82, 2.24) is 15.2 Å². The Morgan fingerprint density at radius 1 is 1.48 bits per heavy atom. The maximum atomic E-state index is 11.5. The molecule has 124 valence electrons. The Bertz CT molecular complexity index is 835. The van der Waals surface area contributed by atoms with E-state index in [0.717, 1.165) is 0 Å². The third-order valence-corrected chi connectivity index (χ3v) is 6.06. The standard InChI is InChI=1S/C14H17ClN4O3S/c1-22-12-6-11(16)10(15)5-9(12)14-17-13(18-19-14)4-8-2-3-23(20,21)7-8/h5-6,8H,2-4,7,16H2,1H3,(H,17,18,19). The predicted octanol–water partition coefficient (Wildman–Crippen LogP) is 1.69. The number of aromatic nitrogens is 3. The molecular formula is C14H17ClN4O3S. The van der Waals surface area contributed by atoms with Crippen molar-refractivity contribution >= 4 is 27.1 Å². The summed E-state index contributed by atoms with van der Waals surface area (Å²) in [5, 5.41) is 7.43. The van der Waals surface area contributed by atoms with Crippen LogP contribution in [0.25, 0.3) is 11.4 Å². The second-order valence-corrected chi connectivity index (χ2v) is 8.29. The first-order valence-electron chi connectivity index (χ1n) is 7.13. The van der Waals surface area contributed by atoms with E-state index in [0.29, 0.717) is 46.5 Å². The van der Waals surface area contributed by atoms with Gasteiger partial charge in [0.05, 0.1) is 34.9 Å². The van der Waals surface area contributed by atoms with Gasteiger partial charge in [0.25, 0.3) is 0 Å². The van der Waals surface area contributed by atoms with Gasteiger partial charge in [-0.05, 0) is 18.4 Å². The maximum absolute atomic E-state index is 11.5.